The minimum atomic E-state index is -4.53. The molecule has 21 heavy (non-hydrogen) atoms. The van der Waals surface area contributed by atoms with Crippen molar-refractivity contribution in [2.75, 3.05) is 18.0 Å². The number of hydrogen-bond acceptors (Lipinski definition) is 2. The topological polar surface area (TPSA) is 29.3 Å². The van der Waals surface area contributed by atoms with Crippen molar-refractivity contribution in [1.29, 1.82) is 0 Å². The Kier molecular flexibility index (Phi) is 4.76. The number of anilines is 1. The zero-order chi connectivity index (χ0) is 15.6. The monoisotopic (exact) mass is 304 g/mol. The summed E-state index contributed by atoms with van der Waals surface area (Å²) in [7, 11) is 0. The Morgan fingerprint density at radius 2 is 2.05 bits per heavy atom. The summed E-state index contributed by atoms with van der Waals surface area (Å²) in [5.74, 6) is -0.287. The normalized spacial score (nSPS) is 23.4. The van der Waals surface area contributed by atoms with Crippen LogP contribution in [-0.2, 0) is 6.18 Å². The lowest BCUT2D eigenvalue weighted by Gasteiger charge is -2.40. The van der Waals surface area contributed by atoms with E-state index in [0.29, 0.717) is 25.1 Å². The average molecular weight is 304 g/mol. The van der Waals surface area contributed by atoms with Crippen LogP contribution in [0.3, 0.4) is 0 Å². The summed E-state index contributed by atoms with van der Waals surface area (Å²) >= 11 is 0. The summed E-state index contributed by atoms with van der Waals surface area (Å²) < 4.78 is 51.8. The number of nitrogens with two attached hydrogens (primary N) is 1. The van der Waals surface area contributed by atoms with Crippen LogP contribution in [0, 0.1) is 11.7 Å². The minimum absolute atomic E-state index is 0.0186. The van der Waals surface area contributed by atoms with Crippen LogP contribution in [-0.4, -0.2) is 19.1 Å². The largest absolute Gasteiger partial charge is 0.416 e. The van der Waals surface area contributed by atoms with Crippen molar-refractivity contribution in [3.8, 4) is 0 Å². The quantitative estimate of drug-likeness (QED) is 0.861. The highest BCUT2D eigenvalue weighted by Gasteiger charge is 2.33. The van der Waals surface area contributed by atoms with Gasteiger partial charge < -0.3 is 10.6 Å². The second-order valence-corrected chi connectivity index (χ2v) is 5.55. The first kappa shape index (κ1) is 16.1. The van der Waals surface area contributed by atoms with Crippen LogP contribution in [0.4, 0.5) is 23.2 Å². The molecule has 2 atom stereocenters. The molecule has 0 spiro atoms. The van der Waals surface area contributed by atoms with E-state index in [1.54, 1.807) is 0 Å². The van der Waals surface area contributed by atoms with Gasteiger partial charge in [0.25, 0.3) is 0 Å². The van der Waals surface area contributed by atoms with Crippen molar-refractivity contribution in [3.63, 3.8) is 0 Å². The lowest BCUT2D eigenvalue weighted by atomic mass is 9.88. The number of nitrogens with zero attached hydrogens (tertiary/aromatic N) is 1. The lowest BCUT2D eigenvalue weighted by Crippen LogP contribution is -2.47. The number of rotatable bonds is 3. The van der Waals surface area contributed by atoms with Crippen LogP contribution in [0.15, 0.2) is 18.2 Å². The summed E-state index contributed by atoms with van der Waals surface area (Å²) in [6.07, 6.45) is -1.72. The van der Waals surface area contributed by atoms with Gasteiger partial charge in [0.15, 0.2) is 0 Å². The Morgan fingerprint density at radius 3 is 2.57 bits per heavy atom. The van der Waals surface area contributed by atoms with Crippen LogP contribution in [0.5, 0.6) is 0 Å². The molecule has 1 aromatic rings. The Bertz CT molecular complexity index is 487. The Morgan fingerprint density at radius 1 is 1.33 bits per heavy atom. The molecule has 0 radical (unpaired) electrons. The summed E-state index contributed by atoms with van der Waals surface area (Å²) in [5.41, 5.74) is 5.01. The van der Waals surface area contributed by atoms with Crippen molar-refractivity contribution >= 4 is 5.69 Å². The van der Waals surface area contributed by atoms with Crippen molar-refractivity contribution in [2.24, 2.45) is 11.7 Å². The Balaban J connectivity index is 2.25. The third kappa shape index (κ3) is 3.48. The highest BCUT2D eigenvalue weighted by atomic mass is 19.4. The predicted octanol–water partition coefficient (Wildman–Crippen LogP) is 3.80. The number of halogens is 4. The van der Waals surface area contributed by atoms with Gasteiger partial charge in [-0.1, -0.05) is 13.3 Å². The first-order valence-corrected chi connectivity index (χ1v) is 7.20. The molecule has 0 bridgehead atoms. The molecule has 1 aromatic carbocycles. The van der Waals surface area contributed by atoms with Gasteiger partial charge in [0.05, 0.1) is 11.3 Å². The van der Waals surface area contributed by atoms with Gasteiger partial charge in [0, 0.05) is 19.1 Å². The molecule has 2 unspecified atom stereocenters. The first-order valence-electron chi connectivity index (χ1n) is 7.20. The minimum Gasteiger partial charge on any atom is -0.365 e. The molecule has 2 N–H and O–H groups in total. The maximum atomic E-state index is 14.1. The van der Waals surface area contributed by atoms with Crippen LogP contribution in [0.2, 0.25) is 0 Å². The van der Waals surface area contributed by atoms with Crippen LogP contribution < -0.4 is 10.6 Å². The fourth-order valence-electron chi connectivity index (χ4n) is 2.96. The first-order chi connectivity index (χ1) is 9.86. The SMILES string of the molecule is CCC1CCN(c2ccc(C(F)(F)F)cc2F)C(CN)C1. The van der Waals surface area contributed by atoms with Crippen molar-refractivity contribution in [2.45, 2.75) is 38.4 Å². The van der Waals surface area contributed by atoms with Gasteiger partial charge in [-0.2, -0.15) is 13.2 Å². The molecule has 1 aliphatic rings. The fraction of sp³-hybridized carbons (Fsp3) is 0.600. The number of alkyl halides is 3. The molecule has 2 rings (SSSR count). The summed E-state index contributed by atoms with van der Waals surface area (Å²) in [5, 5.41) is 0. The maximum Gasteiger partial charge on any atom is 0.416 e. The Hall–Kier alpha value is -1.30. The molecule has 118 valence electrons. The summed E-state index contributed by atoms with van der Waals surface area (Å²) in [6, 6.07) is 2.69. The van der Waals surface area contributed by atoms with Crippen molar-refractivity contribution in [1.82, 2.24) is 0 Å². The van der Waals surface area contributed by atoms with E-state index in [9.17, 15) is 17.6 Å². The van der Waals surface area contributed by atoms with E-state index >= 15 is 0 Å². The molecular formula is C15H20F4N2. The predicted molar refractivity (Wildman–Crippen MR) is 74.6 cm³/mol. The van der Waals surface area contributed by atoms with E-state index in [1.165, 1.54) is 6.07 Å². The zero-order valence-electron chi connectivity index (χ0n) is 12.0. The summed E-state index contributed by atoms with van der Waals surface area (Å²) in [4.78, 5) is 1.81. The van der Waals surface area contributed by atoms with Crippen molar-refractivity contribution in [3.05, 3.63) is 29.6 Å². The second kappa shape index (κ2) is 6.22. The van der Waals surface area contributed by atoms with Gasteiger partial charge in [0.2, 0.25) is 0 Å². The van der Waals surface area contributed by atoms with Crippen LogP contribution >= 0.6 is 0 Å². The molecule has 1 fully saturated rings. The highest BCUT2D eigenvalue weighted by molar-refractivity contribution is 5.51. The second-order valence-electron chi connectivity index (χ2n) is 5.55. The zero-order valence-corrected chi connectivity index (χ0v) is 12.0. The van der Waals surface area contributed by atoms with Gasteiger partial charge in [-0.15, -0.1) is 0 Å². The number of hydrogen-bond donors (Lipinski definition) is 1. The summed E-state index contributed by atoms with van der Waals surface area (Å²) in [6.45, 7) is 3.10. The van der Waals surface area contributed by atoms with E-state index in [0.717, 1.165) is 25.3 Å². The van der Waals surface area contributed by atoms with E-state index in [2.05, 4.69) is 6.92 Å². The van der Waals surface area contributed by atoms with Crippen molar-refractivity contribution < 1.29 is 17.6 Å². The molecule has 0 aliphatic carbocycles. The molecule has 0 aromatic heterocycles. The van der Waals surface area contributed by atoms with Gasteiger partial charge in [-0.3, -0.25) is 0 Å². The number of piperidine rings is 1. The average Bonchev–Trinajstić information content (AvgIpc) is 2.45. The van der Waals surface area contributed by atoms with Gasteiger partial charge >= 0.3 is 6.18 Å². The van der Waals surface area contributed by atoms with E-state index < -0.39 is 17.6 Å². The molecule has 1 saturated heterocycles. The molecule has 1 aliphatic heterocycles. The third-order valence-corrected chi connectivity index (χ3v) is 4.26. The fourth-order valence-corrected chi connectivity index (χ4v) is 2.96. The molecule has 0 saturated carbocycles. The third-order valence-electron chi connectivity index (χ3n) is 4.26. The van der Waals surface area contributed by atoms with E-state index in [-0.39, 0.29) is 11.7 Å². The molecule has 1 heterocycles. The van der Waals surface area contributed by atoms with Crippen LogP contribution in [0.25, 0.3) is 0 Å². The van der Waals surface area contributed by atoms with Gasteiger partial charge in [-0.05, 0) is 37.0 Å². The maximum absolute atomic E-state index is 14.1. The lowest BCUT2D eigenvalue weighted by molar-refractivity contribution is -0.137. The van der Waals surface area contributed by atoms with Gasteiger partial charge in [-0.25, -0.2) is 4.39 Å². The number of benzene rings is 1. The van der Waals surface area contributed by atoms with Gasteiger partial charge in [0.1, 0.15) is 5.82 Å². The van der Waals surface area contributed by atoms with E-state index in [1.807, 2.05) is 4.90 Å². The molecule has 0 amide bonds. The standard InChI is InChI=1S/C15H20F4N2/c1-2-10-5-6-21(12(7-10)9-20)14-4-3-11(8-13(14)16)15(17,18)19/h3-4,8,10,12H,2,5-7,9,20H2,1H3. The Labute approximate surface area is 121 Å². The highest BCUT2D eigenvalue weighted by Crippen LogP contribution is 2.35. The molecule has 6 heteroatoms. The molecule has 2 nitrogen and oxygen atoms in total. The smallest absolute Gasteiger partial charge is 0.365 e. The van der Waals surface area contributed by atoms with Crippen LogP contribution in [0.1, 0.15) is 31.7 Å². The van der Waals surface area contributed by atoms with E-state index in [4.69, 9.17) is 5.73 Å². The molecular weight excluding hydrogens is 284 g/mol.